The second-order valence-electron chi connectivity index (χ2n) is 4.86. The molecule has 0 spiro atoms. The molecule has 21 heavy (non-hydrogen) atoms. The van der Waals surface area contributed by atoms with Crippen LogP contribution in [-0.2, 0) is 4.74 Å². The van der Waals surface area contributed by atoms with E-state index in [1.165, 1.54) is 0 Å². The minimum absolute atomic E-state index is 0.595. The second-order valence-corrected chi connectivity index (χ2v) is 4.86. The number of rotatable bonds is 3. The summed E-state index contributed by atoms with van der Waals surface area (Å²) < 4.78 is 10.9. The number of aromatic nitrogens is 1. The Labute approximate surface area is 123 Å². The predicted molar refractivity (Wildman–Crippen MR) is 80.7 cm³/mol. The molecule has 5 heteroatoms. The van der Waals surface area contributed by atoms with E-state index in [4.69, 9.17) is 9.47 Å². The molecular formula is C16H17N3O2. The molecule has 1 aromatic carbocycles. The highest BCUT2D eigenvalue weighted by Gasteiger charge is 2.17. The fourth-order valence-corrected chi connectivity index (χ4v) is 2.50. The highest BCUT2D eigenvalue weighted by molar-refractivity contribution is 5.84. The quantitative estimate of drug-likeness (QED) is 0.865. The molecular weight excluding hydrogens is 266 g/mol. The topological polar surface area (TPSA) is 58.4 Å². The average Bonchev–Trinajstić information content (AvgIpc) is 2.54. The van der Waals surface area contributed by atoms with E-state index >= 15 is 0 Å². The maximum atomic E-state index is 9.40. The Balaban J connectivity index is 2.04. The molecule has 0 atom stereocenters. The summed E-state index contributed by atoms with van der Waals surface area (Å²) in [5.74, 6) is 1.55. The molecule has 0 unspecified atom stereocenters. The molecule has 0 amide bonds. The van der Waals surface area contributed by atoms with Gasteiger partial charge in [-0.2, -0.15) is 5.26 Å². The van der Waals surface area contributed by atoms with Crippen LogP contribution in [0.3, 0.4) is 0 Å². The summed E-state index contributed by atoms with van der Waals surface area (Å²) in [4.78, 5) is 6.77. The van der Waals surface area contributed by atoms with Crippen LogP contribution in [0, 0.1) is 11.3 Å². The third kappa shape index (κ3) is 2.76. The van der Waals surface area contributed by atoms with Gasteiger partial charge < -0.3 is 14.4 Å². The number of pyridine rings is 1. The average molecular weight is 283 g/mol. The maximum Gasteiger partial charge on any atom is 0.147 e. The lowest BCUT2D eigenvalue weighted by Gasteiger charge is -2.28. The van der Waals surface area contributed by atoms with Crippen LogP contribution in [0.4, 0.5) is 5.82 Å². The highest BCUT2D eigenvalue weighted by Crippen LogP contribution is 2.26. The van der Waals surface area contributed by atoms with E-state index in [9.17, 15) is 5.26 Å². The van der Waals surface area contributed by atoms with Gasteiger partial charge in [-0.05, 0) is 31.2 Å². The van der Waals surface area contributed by atoms with Crippen LogP contribution in [0.2, 0.25) is 0 Å². The molecule has 1 saturated heterocycles. The summed E-state index contributed by atoms with van der Waals surface area (Å²) in [6, 6.07) is 9.91. The molecule has 1 aromatic heterocycles. The van der Waals surface area contributed by atoms with E-state index in [0.29, 0.717) is 25.4 Å². The van der Waals surface area contributed by atoms with Crippen LogP contribution in [0.25, 0.3) is 10.9 Å². The Morgan fingerprint density at radius 3 is 2.86 bits per heavy atom. The van der Waals surface area contributed by atoms with Gasteiger partial charge in [0, 0.05) is 18.5 Å². The van der Waals surface area contributed by atoms with E-state index in [2.05, 4.69) is 16.0 Å². The lowest BCUT2D eigenvalue weighted by Crippen LogP contribution is -2.37. The zero-order valence-corrected chi connectivity index (χ0v) is 12.0. The first-order chi connectivity index (χ1) is 10.3. The zero-order chi connectivity index (χ0) is 14.7. The van der Waals surface area contributed by atoms with Crippen LogP contribution in [0.1, 0.15) is 12.5 Å². The minimum atomic E-state index is 0.595. The van der Waals surface area contributed by atoms with Gasteiger partial charge in [0.25, 0.3) is 0 Å². The molecule has 2 aromatic rings. The molecule has 0 radical (unpaired) electrons. The molecule has 3 rings (SSSR count). The van der Waals surface area contributed by atoms with Crippen molar-refractivity contribution in [2.45, 2.75) is 6.92 Å². The molecule has 2 heterocycles. The standard InChI is InChI=1S/C16H17N3O2/c1-2-21-14-3-4-15-12(10-14)9-13(11-17)16(18-15)19-5-7-20-8-6-19/h3-4,9-10H,2,5-8H2,1H3. The third-order valence-corrected chi connectivity index (χ3v) is 3.51. The van der Waals surface area contributed by atoms with Gasteiger partial charge in [0.2, 0.25) is 0 Å². The van der Waals surface area contributed by atoms with Crippen molar-refractivity contribution < 1.29 is 9.47 Å². The molecule has 1 aliphatic rings. The van der Waals surface area contributed by atoms with Gasteiger partial charge >= 0.3 is 0 Å². The summed E-state index contributed by atoms with van der Waals surface area (Å²) in [5, 5.41) is 10.3. The van der Waals surface area contributed by atoms with Gasteiger partial charge in [0.15, 0.2) is 0 Å². The first-order valence-corrected chi connectivity index (χ1v) is 7.12. The van der Waals surface area contributed by atoms with Gasteiger partial charge in [0.1, 0.15) is 17.6 Å². The fourth-order valence-electron chi connectivity index (χ4n) is 2.50. The number of benzene rings is 1. The predicted octanol–water partition coefficient (Wildman–Crippen LogP) is 2.34. The highest BCUT2D eigenvalue weighted by atomic mass is 16.5. The Morgan fingerprint density at radius 2 is 2.14 bits per heavy atom. The summed E-state index contributed by atoms with van der Waals surface area (Å²) in [5.41, 5.74) is 1.47. The zero-order valence-electron chi connectivity index (χ0n) is 12.0. The van der Waals surface area contributed by atoms with Crippen molar-refractivity contribution in [3.8, 4) is 11.8 Å². The molecule has 1 fully saturated rings. The summed E-state index contributed by atoms with van der Waals surface area (Å²) in [7, 11) is 0. The van der Waals surface area contributed by atoms with Crippen molar-refractivity contribution in [2.24, 2.45) is 0 Å². The minimum Gasteiger partial charge on any atom is -0.494 e. The van der Waals surface area contributed by atoms with Crippen molar-refractivity contribution in [3.63, 3.8) is 0 Å². The van der Waals surface area contributed by atoms with E-state index < -0.39 is 0 Å². The van der Waals surface area contributed by atoms with Gasteiger partial charge in [0.05, 0.1) is 30.9 Å². The Bertz CT molecular complexity index is 688. The fraction of sp³-hybridized carbons (Fsp3) is 0.375. The molecule has 0 saturated carbocycles. The molecule has 0 aliphatic carbocycles. The van der Waals surface area contributed by atoms with Crippen LogP contribution in [0.5, 0.6) is 5.75 Å². The Kier molecular flexibility index (Phi) is 3.89. The van der Waals surface area contributed by atoms with Crippen molar-refractivity contribution in [2.75, 3.05) is 37.8 Å². The molecule has 5 nitrogen and oxygen atoms in total. The van der Waals surface area contributed by atoms with Crippen molar-refractivity contribution in [1.82, 2.24) is 4.98 Å². The number of nitrogens with zero attached hydrogens (tertiary/aromatic N) is 3. The smallest absolute Gasteiger partial charge is 0.147 e. The molecule has 0 bridgehead atoms. The molecule has 0 N–H and O–H groups in total. The number of hydrogen-bond acceptors (Lipinski definition) is 5. The first kappa shape index (κ1) is 13.7. The number of hydrogen-bond donors (Lipinski definition) is 0. The van der Waals surface area contributed by atoms with Crippen LogP contribution in [0.15, 0.2) is 24.3 Å². The van der Waals surface area contributed by atoms with E-state index in [1.54, 1.807) is 0 Å². The number of anilines is 1. The lowest BCUT2D eigenvalue weighted by molar-refractivity contribution is 0.122. The summed E-state index contributed by atoms with van der Waals surface area (Å²) in [6.45, 7) is 5.46. The van der Waals surface area contributed by atoms with E-state index in [0.717, 1.165) is 35.6 Å². The normalized spacial score (nSPS) is 15.0. The van der Waals surface area contributed by atoms with E-state index in [-0.39, 0.29) is 0 Å². The Morgan fingerprint density at radius 1 is 1.33 bits per heavy atom. The molecule has 108 valence electrons. The van der Waals surface area contributed by atoms with E-state index in [1.807, 2.05) is 31.2 Å². The van der Waals surface area contributed by atoms with Crippen molar-refractivity contribution in [3.05, 3.63) is 29.8 Å². The largest absolute Gasteiger partial charge is 0.494 e. The SMILES string of the molecule is CCOc1ccc2nc(N3CCOCC3)c(C#N)cc2c1. The number of nitriles is 1. The number of morpholine rings is 1. The van der Waals surface area contributed by atoms with Gasteiger partial charge in [-0.1, -0.05) is 0 Å². The maximum absolute atomic E-state index is 9.40. The van der Waals surface area contributed by atoms with Crippen LogP contribution in [-0.4, -0.2) is 37.9 Å². The summed E-state index contributed by atoms with van der Waals surface area (Å²) in [6.07, 6.45) is 0. The number of fused-ring (bicyclic) bond motifs is 1. The first-order valence-electron chi connectivity index (χ1n) is 7.12. The Hall–Kier alpha value is -2.32. The van der Waals surface area contributed by atoms with Gasteiger partial charge in [-0.25, -0.2) is 4.98 Å². The van der Waals surface area contributed by atoms with Gasteiger partial charge in [-0.3, -0.25) is 0 Å². The number of ether oxygens (including phenoxy) is 2. The lowest BCUT2D eigenvalue weighted by atomic mass is 10.1. The second kappa shape index (κ2) is 5.98. The third-order valence-electron chi connectivity index (χ3n) is 3.51. The van der Waals surface area contributed by atoms with Crippen molar-refractivity contribution >= 4 is 16.7 Å². The van der Waals surface area contributed by atoms with Gasteiger partial charge in [-0.15, -0.1) is 0 Å². The van der Waals surface area contributed by atoms with Crippen LogP contribution >= 0.6 is 0 Å². The van der Waals surface area contributed by atoms with Crippen molar-refractivity contribution in [1.29, 1.82) is 5.26 Å². The van der Waals surface area contributed by atoms with Crippen LogP contribution < -0.4 is 9.64 Å². The molecule has 1 aliphatic heterocycles. The summed E-state index contributed by atoms with van der Waals surface area (Å²) >= 11 is 0. The monoisotopic (exact) mass is 283 g/mol.